The molecule has 25 heavy (non-hydrogen) atoms. The standard InChI is InChI=1S/C15H15ClN4O4S/c1-11(22)20(16)14-4-2-3-5-15(14)25(23,24)19-13-8-6-12(7-9-13)18-17-10-21/h2-10,18-19H,1H3,(H,17,21). The Morgan fingerprint density at radius 1 is 1.08 bits per heavy atom. The summed E-state index contributed by atoms with van der Waals surface area (Å²) >= 11 is 5.87. The number of nitrogens with one attached hydrogen (secondary N) is 3. The van der Waals surface area contributed by atoms with Crippen LogP contribution in [0.3, 0.4) is 0 Å². The molecular weight excluding hydrogens is 368 g/mol. The van der Waals surface area contributed by atoms with E-state index in [-0.39, 0.29) is 10.6 Å². The summed E-state index contributed by atoms with van der Waals surface area (Å²) in [7, 11) is -3.97. The molecule has 0 aromatic heterocycles. The van der Waals surface area contributed by atoms with Crippen molar-refractivity contribution in [3.05, 3.63) is 48.5 Å². The maximum absolute atomic E-state index is 12.6. The van der Waals surface area contributed by atoms with Gasteiger partial charge in [-0.2, -0.15) is 0 Å². The van der Waals surface area contributed by atoms with E-state index < -0.39 is 15.9 Å². The van der Waals surface area contributed by atoms with Crippen molar-refractivity contribution in [3.8, 4) is 0 Å². The second kappa shape index (κ2) is 7.86. The van der Waals surface area contributed by atoms with Crippen LogP contribution in [-0.2, 0) is 19.6 Å². The SMILES string of the molecule is CC(=O)N(Cl)c1ccccc1S(=O)(=O)Nc1ccc(NNC=O)cc1. The number of carbonyl (C=O) groups excluding carboxylic acids is 2. The highest BCUT2D eigenvalue weighted by molar-refractivity contribution is 7.92. The maximum Gasteiger partial charge on any atom is 0.264 e. The number of benzene rings is 2. The Bertz CT molecular complexity index is 871. The number of sulfonamides is 1. The predicted octanol–water partition coefficient (Wildman–Crippen LogP) is 2.07. The van der Waals surface area contributed by atoms with E-state index in [4.69, 9.17) is 11.8 Å². The fourth-order valence-electron chi connectivity index (χ4n) is 1.96. The second-order valence-corrected chi connectivity index (χ2v) is 6.83. The smallest absolute Gasteiger partial charge is 0.264 e. The van der Waals surface area contributed by atoms with Crippen LogP contribution in [0.5, 0.6) is 0 Å². The first-order valence-electron chi connectivity index (χ1n) is 6.99. The molecule has 0 bridgehead atoms. The van der Waals surface area contributed by atoms with Crippen LogP contribution in [0.25, 0.3) is 0 Å². The van der Waals surface area contributed by atoms with Gasteiger partial charge in [0.2, 0.25) is 12.3 Å². The summed E-state index contributed by atoms with van der Waals surface area (Å²) in [4.78, 5) is 21.5. The highest BCUT2D eigenvalue weighted by atomic mass is 35.5. The zero-order valence-corrected chi connectivity index (χ0v) is 14.6. The molecular formula is C15H15ClN4O4S. The molecule has 10 heteroatoms. The van der Waals surface area contributed by atoms with Crippen molar-refractivity contribution in [2.24, 2.45) is 0 Å². The van der Waals surface area contributed by atoms with Gasteiger partial charge in [-0.1, -0.05) is 12.1 Å². The van der Waals surface area contributed by atoms with Gasteiger partial charge >= 0.3 is 0 Å². The molecule has 0 radical (unpaired) electrons. The first-order chi connectivity index (χ1) is 11.8. The van der Waals surface area contributed by atoms with Crippen LogP contribution in [-0.4, -0.2) is 20.7 Å². The van der Waals surface area contributed by atoms with Crippen molar-refractivity contribution >= 4 is 51.2 Å². The quantitative estimate of drug-likeness (QED) is 0.386. The van der Waals surface area contributed by atoms with E-state index in [0.29, 0.717) is 17.8 Å². The molecule has 0 aliphatic heterocycles. The molecule has 2 aromatic rings. The van der Waals surface area contributed by atoms with Crippen LogP contribution in [0.15, 0.2) is 53.4 Å². The number of nitrogens with zero attached hydrogens (tertiary/aromatic N) is 1. The zero-order chi connectivity index (χ0) is 18.4. The van der Waals surface area contributed by atoms with Crippen LogP contribution in [0.2, 0.25) is 0 Å². The van der Waals surface area contributed by atoms with Gasteiger partial charge < -0.3 is 0 Å². The lowest BCUT2D eigenvalue weighted by Crippen LogP contribution is -2.21. The molecule has 0 atom stereocenters. The van der Waals surface area contributed by atoms with E-state index in [0.717, 1.165) is 4.42 Å². The van der Waals surface area contributed by atoms with Crippen molar-refractivity contribution in [1.29, 1.82) is 0 Å². The van der Waals surface area contributed by atoms with E-state index in [1.807, 2.05) is 0 Å². The predicted molar refractivity (Wildman–Crippen MR) is 95.5 cm³/mol. The van der Waals surface area contributed by atoms with Crippen molar-refractivity contribution in [2.45, 2.75) is 11.8 Å². The van der Waals surface area contributed by atoms with Gasteiger partial charge in [-0.3, -0.25) is 25.2 Å². The molecule has 8 nitrogen and oxygen atoms in total. The van der Waals surface area contributed by atoms with Gasteiger partial charge in [0.15, 0.2) is 0 Å². The first-order valence-corrected chi connectivity index (χ1v) is 8.81. The fraction of sp³-hybridized carbons (Fsp3) is 0.0667. The Morgan fingerprint density at radius 2 is 1.68 bits per heavy atom. The van der Waals surface area contributed by atoms with Crippen LogP contribution in [0, 0.1) is 0 Å². The molecule has 0 heterocycles. The minimum absolute atomic E-state index is 0.0534. The average Bonchev–Trinajstić information content (AvgIpc) is 2.60. The molecule has 0 aliphatic rings. The third kappa shape index (κ3) is 4.61. The van der Waals surface area contributed by atoms with E-state index in [2.05, 4.69) is 15.6 Å². The Hall–Kier alpha value is -2.78. The van der Waals surface area contributed by atoms with E-state index in [9.17, 15) is 18.0 Å². The number of hydrazine groups is 1. The Morgan fingerprint density at radius 3 is 2.28 bits per heavy atom. The molecule has 132 valence electrons. The monoisotopic (exact) mass is 382 g/mol. The first kappa shape index (κ1) is 18.6. The topological polar surface area (TPSA) is 108 Å². The summed E-state index contributed by atoms with van der Waals surface area (Å²) in [6, 6.07) is 12.1. The Labute approximate surface area is 149 Å². The largest absolute Gasteiger partial charge is 0.299 e. The minimum Gasteiger partial charge on any atom is -0.299 e. The summed E-state index contributed by atoms with van der Waals surface area (Å²) in [6.45, 7) is 1.23. The van der Waals surface area contributed by atoms with Crippen molar-refractivity contribution in [1.82, 2.24) is 5.43 Å². The highest BCUT2D eigenvalue weighted by Gasteiger charge is 2.23. The van der Waals surface area contributed by atoms with E-state index >= 15 is 0 Å². The normalized spacial score (nSPS) is 10.6. The number of hydrogen-bond acceptors (Lipinski definition) is 5. The summed E-state index contributed by atoms with van der Waals surface area (Å²) in [5.41, 5.74) is 5.79. The van der Waals surface area contributed by atoms with Gasteiger partial charge in [0, 0.05) is 24.4 Å². The number of amides is 2. The van der Waals surface area contributed by atoms with Gasteiger partial charge in [0.25, 0.3) is 10.0 Å². The van der Waals surface area contributed by atoms with Crippen molar-refractivity contribution in [2.75, 3.05) is 14.6 Å². The number of carbonyl (C=O) groups is 2. The lowest BCUT2D eigenvalue weighted by atomic mass is 10.3. The number of halogens is 1. The van der Waals surface area contributed by atoms with Crippen LogP contribution >= 0.6 is 11.8 Å². The molecule has 0 saturated carbocycles. The van der Waals surface area contributed by atoms with Gasteiger partial charge in [0.1, 0.15) is 4.90 Å². The summed E-state index contributed by atoms with van der Waals surface area (Å²) in [5, 5.41) is 0. The van der Waals surface area contributed by atoms with Gasteiger partial charge in [-0.25, -0.2) is 12.8 Å². The number of hydrogen-bond donors (Lipinski definition) is 3. The molecule has 0 fully saturated rings. The Balaban J connectivity index is 2.28. The Kier molecular flexibility index (Phi) is 5.84. The lowest BCUT2D eigenvalue weighted by Gasteiger charge is -2.17. The van der Waals surface area contributed by atoms with Crippen molar-refractivity contribution < 1.29 is 18.0 Å². The van der Waals surface area contributed by atoms with Crippen LogP contribution in [0.4, 0.5) is 17.1 Å². The average molecular weight is 383 g/mol. The minimum atomic E-state index is -3.97. The van der Waals surface area contributed by atoms with E-state index in [1.165, 1.54) is 37.3 Å². The van der Waals surface area contributed by atoms with E-state index in [1.54, 1.807) is 18.2 Å². The summed E-state index contributed by atoms with van der Waals surface area (Å²) in [6.07, 6.45) is 0.473. The molecule has 2 amide bonds. The molecule has 3 N–H and O–H groups in total. The molecule has 0 spiro atoms. The lowest BCUT2D eigenvalue weighted by molar-refractivity contribution is -0.115. The number of rotatable bonds is 7. The maximum atomic E-state index is 12.6. The van der Waals surface area contributed by atoms with Crippen molar-refractivity contribution in [3.63, 3.8) is 0 Å². The molecule has 0 saturated heterocycles. The molecule has 0 aliphatic carbocycles. The second-order valence-electron chi connectivity index (χ2n) is 4.84. The van der Waals surface area contributed by atoms with Crippen LogP contribution in [0.1, 0.15) is 6.92 Å². The summed E-state index contributed by atoms with van der Waals surface area (Å²) in [5.74, 6) is -0.512. The summed E-state index contributed by atoms with van der Waals surface area (Å²) < 4.78 is 28.4. The fourth-order valence-corrected chi connectivity index (χ4v) is 3.41. The van der Waals surface area contributed by atoms with Crippen LogP contribution < -0.4 is 20.0 Å². The third-order valence-electron chi connectivity index (χ3n) is 3.06. The molecule has 2 rings (SSSR count). The van der Waals surface area contributed by atoms with Gasteiger partial charge in [-0.15, -0.1) is 0 Å². The number of para-hydroxylation sites is 1. The van der Waals surface area contributed by atoms with Gasteiger partial charge in [-0.05, 0) is 36.4 Å². The third-order valence-corrected chi connectivity index (χ3v) is 4.90. The highest BCUT2D eigenvalue weighted by Crippen LogP contribution is 2.28. The zero-order valence-electron chi connectivity index (χ0n) is 13.1. The van der Waals surface area contributed by atoms with Gasteiger partial charge in [0.05, 0.1) is 11.4 Å². The molecule has 2 aromatic carbocycles. The number of anilines is 3. The molecule has 0 unspecified atom stereocenters.